The molecule has 3 rings (SSSR count). The summed E-state index contributed by atoms with van der Waals surface area (Å²) in [5, 5.41) is 9.28. The lowest BCUT2D eigenvalue weighted by Crippen LogP contribution is -2.28. The summed E-state index contributed by atoms with van der Waals surface area (Å²) in [6.45, 7) is 2.27. The van der Waals surface area contributed by atoms with Crippen LogP contribution in [-0.4, -0.2) is 11.7 Å². The van der Waals surface area contributed by atoms with Gasteiger partial charge in [0.1, 0.15) is 11.6 Å². The van der Waals surface area contributed by atoms with Crippen molar-refractivity contribution in [3.63, 3.8) is 0 Å². The number of rotatable bonds is 5. The highest BCUT2D eigenvalue weighted by molar-refractivity contribution is 5.63. The summed E-state index contributed by atoms with van der Waals surface area (Å²) in [6, 6.07) is 16.4. The number of hydrogen-bond acceptors (Lipinski definition) is 3. The number of ether oxygens (including phenoxy) is 1. The molecule has 2 aromatic carbocycles. The molecule has 0 unspecified atom stereocenters. The summed E-state index contributed by atoms with van der Waals surface area (Å²) in [6.07, 6.45) is -4.82. The van der Waals surface area contributed by atoms with Crippen LogP contribution in [0.3, 0.4) is 0 Å². The van der Waals surface area contributed by atoms with Gasteiger partial charge in [-0.3, -0.25) is 4.79 Å². The topological polar surface area (TPSA) is 55.0 Å². The monoisotopic (exact) mass is 412 g/mol. The maximum Gasteiger partial charge on any atom is 0.417 e. The van der Waals surface area contributed by atoms with E-state index in [4.69, 9.17) is 4.74 Å². The minimum atomic E-state index is -4.82. The van der Waals surface area contributed by atoms with Gasteiger partial charge in [-0.25, -0.2) is 0 Å². The lowest BCUT2D eigenvalue weighted by molar-refractivity contribution is -0.137. The number of benzene rings is 2. The van der Waals surface area contributed by atoms with Gasteiger partial charge in [-0.15, -0.1) is 0 Å². The van der Waals surface area contributed by atoms with E-state index in [0.717, 1.165) is 22.8 Å². The molecule has 0 saturated heterocycles. The van der Waals surface area contributed by atoms with E-state index in [9.17, 15) is 23.2 Å². The van der Waals surface area contributed by atoms with Crippen LogP contribution in [0.1, 0.15) is 27.8 Å². The molecule has 0 radical (unpaired) electrons. The fourth-order valence-electron chi connectivity index (χ4n) is 3.27. The van der Waals surface area contributed by atoms with E-state index in [0.29, 0.717) is 12.2 Å². The van der Waals surface area contributed by atoms with Crippen LogP contribution in [0.15, 0.2) is 59.4 Å². The second kappa shape index (κ2) is 8.56. The highest BCUT2D eigenvalue weighted by Gasteiger charge is 2.36. The Kier molecular flexibility index (Phi) is 6.09. The van der Waals surface area contributed by atoms with E-state index in [1.165, 1.54) is 10.6 Å². The maximum absolute atomic E-state index is 13.6. The molecule has 7 heteroatoms. The third-order valence-corrected chi connectivity index (χ3v) is 4.71. The van der Waals surface area contributed by atoms with Crippen molar-refractivity contribution in [3.8, 4) is 17.3 Å². The van der Waals surface area contributed by atoms with Crippen molar-refractivity contribution in [1.82, 2.24) is 4.57 Å². The molecule has 1 aromatic heterocycles. The molecule has 0 atom stereocenters. The van der Waals surface area contributed by atoms with Gasteiger partial charge in [0.05, 0.1) is 24.4 Å². The second-order valence-corrected chi connectivity index (χ2v) is 6.94. The number of alkyl halides is 3. The van der Waals surface area contributed by atoms with Crippen LogP contribution in [0.5, 0.6) is 0 Å². The van der Waals surface area contributed by atoms with Gasteiger partial charge in [-0.05, 0) is 35.7 Å². The average Bonchev–Trinajstić information content (AvgIpc) is 2.70. The number of nitrogens with zero attached hydrogens (tertiary/aromatic N) is 2. The fourth-order valence-corrected chi connectivity index (χ4v) is 3.27. The smallest absolute Gasteiger partial charge is 0.380 e. The molecular weight excluding hydrogens is 393 g/mol. The Morgan fingerprint density at radius 3 is 2.30 bits per heavy atom. The van der Waals surface area contributed by atoms with Crippen LogP contribution < -0.4 is 5.56 Å². The lowest BCUT2D eigenvalue weighted by Gasteiger charge is -2.18. The van der Waals surface area contributed by atoms with Crippen molar-refractivity contribution in [2.24, 2.45) is 0 Å². The standard InChI is InChI=1S/C23H19F3N2O2/c1-15-4-3-5-18(10-15)21-11-20(23(24,25)26)19(12-27)22(29)28(21)13-16-6-8-17(9-7-16)14-30-2/h3-11H,13-14H2,1-2H3. The summed E-state index contributed by atoms with van der Waals surface area (Å²) >= 11 is 0. The normalized spacial score (nSPS) is 11.3. The van der Waals surface area contributed by atoms with Gasteiger partial charge in [0.2, 0.25) is 0 Å². The fraction of sp³-hybridized carbons (Fsp3) is 0.217. The molecule has 0 spiro atoms. The van der Waals surface area contributed by atoms with Crippen LogP contribution in [0.25, 0.3) is 11.3 Å². The average molecular weight is 412 g/mol. The van der Waals surface area contributed by atoms with Crippen LogP contribution in [-0.2, 0) is 24.1 Å². The molecule has 3 aromatic rings. The molecule has 0 aliphatic rings. The zero-order valence-corrected chi connectivity index (χ0v) is 16.5. The van der Waals surface area contributed by atoms with Crippen molar-refractivity contribution in [1.29, 1.82) is 5.26 Å². The molecule has 1 heterocycles. The minimum Gasteiger partial charge on any atom is -0.380 e. The van der Waals surface area contributed by atoms with E-state index < -0.39 is 22.9 Å². The van der Waals surface area contributed by atoms with Gasteiger partial charge >= 0.3 is 6.18 Å². The second-order valence-electron chi connectivity index (χ2n) is 6.94. The van der Waals surface area contributed by atoms with Gasteiger partial charge < -0.3 is 9.30 Å². The summed E-state index contributed by atoms with van der Waals surface area (Å²) < 4.78 is 47.0. The Morgan fingerprint density at radius 2 is 1.73 bits per heavy atom. The number of nitriles is 1. The van der Waals surface area contributed by atoms with Crippen LogP contribution in [0.4, 0.5) is 13.2 Å². The minimum absolute atomic E-state index is 0.0299. The number of aryl methyl sites for hydroxylation is 1. The Labute approximate surface area is 171 Å². The molecule has 0 aliphatic heterocycles. The van der Waals surface area contributed by atoms with Gasteiger partial charge in [-0.2, -0.15) is 18.4 Å². The lowest BCUT2D eigenvalue weighted by atomic mass is 10.0. The SMILES string of the molecule is COCc1ccc(Cn2c(-c3cccc(C)c3)cc(C(F)(F)F)c(C#N)c2=O)cc1. The molecule has 0 amide bonds. The van der Waals surface area contributed by atoms with Gasteiger partial charge in [0.25, 0.3) is 5.56 Å². The van der Waals surface area contributed by atoms with Crippen molar-refractivity contribution in [2.45, 2.75) is 26.3 Å². The quantitative estimate of drug-likeness (QED) is 0.598. The molecule has 0 bridgehead atoms. The molecule has 4 nitrogen and oxygen atoms in total. The molecule has 30 heavy (non-hydrogen) atoms. The molecule has 154 valence electrons. The molecule has 0 aliphatic carbocycles. The van der Waals surface area contributed by atoms with Crippen LogP contribution >= 0.6 is 0 Å². The predicted molar refractivity (Wildman–Crippen MR) is 107 cm³/mol. The zero-order valence-electron chi connectivity index (χ0n) is 16.5. The summed E-state index contributed by atoms with van der Waals surface area (Å²) in [4.78, 5) is 12.9. The summed E-state index contributed by atoms with van der Waals surface area (Å²) in [5.41, 5.74) is -0.0348. The van der Waals surface area contributed by atoms with Crippen LogP contribution in [0.2, 0.25) is 0 Å². The first-order chi connectivity index (χ1) is 14.2. The first kappa shape index (κ1) is 21.3. The van der Waals surface area contributed by atoms with Gasteiger partial charge in [0.15, 0.2) is 0 Å². The third kappa shape index (κ3) is 4.44. The number of pyridine rings is 1. The van der Waals surface area contributed by atoms with Crippen molar-refractivity contribution in [3.05, 3.63) is 92.8 Å². The summed E-state index contributed by atoms with van der Waals surface area (Å²) in [5.74, 6) is 0. The van der Waals surface area contributed by atoms with Crippen molar-refractivity contribution in [2.75, 3.05) is 7.11 Å². The summed E-state index contributed by atoms with van der Waals surface area (Å²) in [7, 11) is 1.58. The maximum atomic E-state index is 13.6. The van der Waals surface area contributed by atoms with Gasteiger partial charge in [0, 0.05) is 7.11 Å². The number of methoxy groups -OCH3 is 1. The molecule has 0 N–H and O–H groups in total. The third-order valence-electron chi connectivity index (χ3n) is 4.71. The number of aromatic nitrogens is 1. The first-order valence-electron chi connectivity index (χ1n) is 9.13. The van der Waals surface area contributed by atoms with Gasteiger partial charge in [-0.1, -0.05) is 48.0 Å². The first-order valence-corrected chi connectivity index (χ1v) is 9.13. The molecule has 0 saturated carbocycles. The largest absolute Gasteiger partial charge is 0.417 e. The van der Waals surface area contributed by atoms with Crippen molar-refractivity contribution >= 4 is 0 Å². The van der Waals surface area contributed by atoms with E-state index in [2.05, 4.69) is 0 Å². The van der Waals surface area contributed by atoms with Crippen molar-refractivity contribution < 1.29 is 17.9 Å². The van der Waals surface area contributed by atoms with E-state index in [-0.39, 0.29) is 12.2 Å². The Morgan fingerprint density at radius 1 is 1.07 bits per heavy atom. The predicted octanol–water partition coefficient (Wildman–Crippen LogP) is 4.91. The highest BCUT2D eigenvalue weighted by Crippen LogP contribution is 2.33. The van der Waals surface area contributed by atoms with Crippen LogP contribution in [0, 0.1) is 18.3 Å². The number of hydrogen-bond donors (Lipinski definition) is 0. The Bertz CT molecular complexity index is 1160. The molecule has 0 fully saturated rings. The Hall–Kier alpha value is -3.37. The van der Waals surface area contributed by atoms with E-state index in [1.807, 2.05) is 25.1 Å². The van der Waals surface area contributed by atoms with E-state index >= 15 is 0 Å². The Balaban J connectivity index is 2.22. The highest BCUT2D eigenvalue weighted by atomic mass is 19.4. The zero-order chi connectivity index (χ0) is 21.9. The molecular formula is C23H19F3N2O2. The number of halogens is 3. The van der Waals surface area contributed by atoms with E-state index in [1.54, 1.807) is 37.4 Å².